The van der Waals surface area contributed by atoms with Gasteiger partial charge in [0.05, 0.1) is 23.5 Å². The molecule has 29 heavy (non-hydrogen) atoms. The first-order valence-electron chi connectivity index (χ1n) is 8.49. The van der Waals surface area contributed by atoms with Gasteiger partial charge in [0.25, 0.3) is 5.91 Å². The number of rotatable bonds is 5. The number of hydrogen-bond acceptors (Lipinski definition) is 4. The van der Waals surface area contributed by atoms with Crippen molar-refractivity contribution in [3.63, 3.8) is 0 Å². The molecule has 0 aliphatic carbocycles. The van der Waals surface area contributed by atoms with Crippen molar-refractivity contribution in [2.75, 3.05) is 5.32 Å². The standard InChI is InChI=1S/C20H13Cl2FN4O2/c21-13-5-6-15(16(22)7-13)19-8-18(26-29-19)20(28)25-14-9-24-27(11-14)10-12-3-1-2-4-17(12)23/h1-9,11H,10H2,(H,25,28). The van der Waals surface area contributed by atoms with Crippen LogP contribution < -0.4 is 5.32 Å². The van der Waals surface area contributed by atoms with Crippen LogP contribution in [0.2, 0.25) is 10.0 Å². The quantitative estimate of drug-likeness (QED) is 0.467. The van der Waals surface area contributed by atoms with Gasteiger partial charge in [0.1, 0.15) is 5.82 Å². The highest BCUT2D eigenvalue weighted by atomic mass is 35.5. The summed E-state index contributed by atoms with van der Waals surface area (Å²) in [6.45, 7) is 0.242. The van der Waals surface area contributed by atoms with Crippen LogP contribution in [0, 0.1) is 5.82 Å². The summed E-state index contributed by atoms with van der Waals surface area (Å²) >= 11 is 12.0. The first kappa shape index (κ1) is 19.2. The molecule has 0 radical (unpaired) electrons. The Hall–Kier alpha value is -3.16. The van der Waals surface area contributed by atoms with Crippen LogP contribution in [0.15, 0.2) is 65.4 Å². The minimum absolute atomic E-state index is 0.0767. The van der Waals surface area contributed by atoms with Crippen molar-refractivity contribution in [2.45, 2.75) is 6.54 Å². The number of benzene rings is 2. The van der Waals surface area contributed by atoms with Gasteiger partial charge in [-0.2, -0.15) is 5.10 Å². The molecule has 1 N–H and O–H groups in total. The van der Waals surface area contributed by atoms with Gasteiger partial charge in [-0.1, -0.05) is 46.6 Å². The topological polar surface area (TPSA) is 73.0 Å². The lowest BCUT2D eigenvalue weighted by Gasteiger charge is -2.03. The molecule has 146 valence electrons. The number of nitrogens with zero attached hydrogens (tertiary/aromatic N) is 3. The van der Waals surface area contributed by atoms with Crippen LogP contribution in [0.3, 0.4) is 0 Å². The van der Waals surface area contributed by atoms with Gasteiger partial charge >= 0.3 is 0 Å². The lowest BCUT2D eigenvalue weighted by molar-refractivity contribution is 0.101. The fourth-order valence-corrected chi connectivity index (χ4v) is 3.21. The highest BCUT2D eigenvalue weighted by Gasteiger charge is 2.16. The number of halogens is 3. The Labute approximate surface area is 174 Å². The van der Waals surface area contributed by atoms with Crippen molar-refractivity contribution in [2.24, 2.45) is 0 Å². The van der Waals surface area contributed by atoms with Crippen molar-refractivity contribution in [3.8, 4) is 11.3 Å². The van der Waals surface area contributed by atoms with Crippen LogP contribution in [-0.2, 0) is 6.54 Å². The van der Waals surface area contributed by atoms with Crippen LogP contribution in [0.25, 0.3) is 11.3 Å². The van der Waals surface area contributed by atoms with Crippen molar-refractivity contribution >= 4 is 34.8 Å². The molecule has 2 aromatic carbocycles. The summed E-state index contributed by atoms with van der Waals surface area (Å²) in [5.41, 5.74) is 1.59. The Kier molecular flexibility index (Phi) is 5.33. The second-order valence-corrected chi connectivity index (χ2v) is 7.02. The molecule has 4 rings (SSSR count). The van der Waals surface area contributed by atoms with Crippen LogP contribution in [0.1, 0.15) is 16.1 Å². The van der Waals surface area contributed by atoms with E-state index in [9.17, 15) is 9.18 Å². The van der Waals surface area contributed by atoms with E-state index in [2.05, 4.69) is 15.6 Å². The molecule has 9 heteroatoms. The predicted molar refractivity (Wildman–Crippen MR) is 108 cm³/mol. The molecular formula is C20H13Cl2FN4O2. The maximum absolute atomic E-state index is 13.8. The summed E-state index contributed by atoms with van der Waals surface area (Å²) in [5, 5.41) is 11.5. The zero-order valence-electron chi connectivity index (χ0n) is 14.8. The van der Waals surface area contributed by atoms with Gasteiger partial charge in [0.2, 0.25) is 0 Å². The van der Waals surface area contributed by atoms with E-state index in [4.69, 9.17) is 27.7 Å². The molecule has 0 aliphatic heterocycles. The van der Waals surface area contributed by atoms with E-state index >= 15 is 0 Å². The molecule has 6 nitrogen and oxygen atoms in total. The van der Waals surface area contributed by atoms with Gasteiger partial charge in [-0.05, 0) is 24.3 Å². The minimum Gasteiger partial charge on any atom is -0.355 e. The summed E-state index contributed by atoms with van der Waals surface area (Å²) in [5.74, 6) is -0.452. The van der Waals surface area contributed by atoms with Crippen LogP contribution >= 0.6 is 23.2 Å². The maximum Gasteiger partial charge on any atom is 0.277 e. The highest BCUT2D eigenvalue weighted by Crippen LogP contribution is 2.30. The zero-order valence-corrected chi connectivity index (χ0v) is 16.3. The summed E-state index contributed by atoms with van der Waals surface area (Å²) in [6, 6.07) is 12.8. The van der Waals surface area contributed by atoms with E-state index in [1.54, 1.807) is 42.6 Å². The summed E-state index contributed by atoms with van der Waals surface area (Å²) in [6.07, 6.45) is 3.07. The Balaban J connectivity index is 1.46. The SMILES string of the molecule is O=C(Nc1cnn(Cc2ccccc2F)c1)c1cc(-c2ccc(Cl)cc2Cl)on1. The van der Waals surface area contributed by atoms with E-state index in [0.29, 0.717) is 32.6 Å². The molecule has 0 unspecified atom stereocenters. The molecule has 0 fully saturated rings. The van der Waals surface area contributed by atoms with Crippen molar-refractivity contribution in [3.05, 3.63) is 88.0 Å². The number of amides is 1. The monoisotopic (exact) mass is 430 g/mol. The second kappa shape index (κ2) is 8.06. The molecule has 0 saturated heterocycles. The highest BCUT2D eigenvalue weighted by molar-refractivity contribution is 6.36. The molecule has 0 atom stereocenters. The van der Waals surface area contributed by atoms with Crippen LogP contribution in [-0.4, -0.2) is 20.8 Å². The normalized spacial score (nSPS) is 10.9. The molecule has 2 heterocycles. The first-order chi connectivity index (χ1) is 14.0. The van der Waals surface area contributed by atoms with Gasteiger partial charge in [-0.3, -0.25) is 9.48 Å². The molecule has 2 aromatic heterocycles. The summed E-state index contributed by atoms with van der Waals surface area (Å²) < 4.78 is 20.5. The Morgan fingerprint density at radius 3 is 2.79 bits per heavy atom. The zero-order chi connectivity index (χ0) is 20.4. The van der Waals surface area contributed by atoms with E-state index in [1.165, 1.54) is 23.0 Å². The Morgan fingerprint density at radius 2 is 2.00 bits per heavy atom. The second-order valence-electron chi connectivity index (χ2n) is 6.17. The fourth-order valence-electron chi connectivity index (χ4n) is 2.71. The number of nitrogens with one attached hydrogen (secondary N) is 1. The largest absolute Gasteiger partial charge is 0.355 e. The summed E-state index contributed by atoms with van der Waals surface area (Å²) in [7, 11) is 0. The number of carbonyl (C=O) groups excluding carboxylic acids is 1. The molecule has 1 amide bonds. The van der Waals surface area contributed by atoms with E-state index in [1.807, 2.05) is 0 Å². The molecule has 4 aromatic rings. The lowest BCUT2D eigenvalue weighted by Crippen LogP contribution is -2.11. The predicted octanol–water partition coefficient (Wildman–Crippen LogP) is 5.28. The van der Waals surface area contributed by atoms with E-state index in [0.717, 1.165) is 0 Å². The third kappa shape index (κ3) is 4.31. The van der Waals surface area contributed by atoms with Gasteiger partial charge in [-0.15, -0.1) is 0 Å². The minimum atomic E-state index is -0.476. The maximum atomic E-state index is 13.8. The van der Waals surface area contributed by atoms with Crippen molar-refractivity contribution in [1.82, 2.24) is 14.9 Å². The third-order valence-electron chi connectivity index (χ3n) is 4.12. The Bertz CT molecular complexity index is 1190. The summed E-state index contributed by atoms with van der Waals surface area (Å²) in [4.78, 5) is 12.4. The van der Waals surface area contributed by atoms with E-state index in [-0.39, 0.29) is 18.1 Å². The molecule has 0 bridgehead atoms. The van der Waals surface area contributed by atoms with E-state index < -0.39 is 5.91 Å². The number of aromatic nitrogens is 3. The average molecular weight is 431 g/mol. The molecule has 0 aliphatic rings. The van der Waals surface area contributed by atoms with Crippen molar-refractivity contribution < 1.29 is 13.7 Å². The lowest BCUT2D eigenvalue weighted by atomic mass is 10.1. The molecule has 0 saturated carbocycles. The van der Waals surface area contributed by atoms with Crippen LogP contribution in [0.5, 0.6) is 0 Å². The van der Waals surface area contributed by atoms with Crippen LogP contribution in [0.4, 0.5) is 10.1 Å². The fraction of sp³-hybridized carbons (Fsp3) is 0.0500. The first-order valence-corrected chi connectivity index (χ1v) is 9.24. The number of carbonyl (C=O) groups is 1. The number of hydrogen-bond donors (Lipinski definition) is 1. The van der Waals surface area contributed by atoms with Gasteiger partial charge < -0.3 is 9.84 Å². The molecular weight excluding hydrogens is 418 g/mol. The smallest absolute Gasteiger partial charge is 0.277 e. The average Bonchev–Trinajstić information content (AvgIpc) is 3.33. The van der Waals surface area contributed by atoms with Gasteiger partial charge in [0.15, 0.2) is 11.5 Å². The Morgan fingerprint density at radius 1 is 1.17 bits per heavy atom. The van der Waals surface area contributed by atoms with Gasteiger partial charge in [0, 0.05) is 28.4 Å². The number of anilines is 1. The molecule has 0 spiro atoms. The third-order valence-corrected chi connectivity index (χ3v) is 4.67. The van der Waals surface area contributed by atoms with Gasteiger partial charge in [-0.25, -0.2) is 4.39 Å². The van der Waals surface area contributed by atoms with Crippen molar-refractivity contribution in [1.29, 1.82) is 0 Å².